The molecule has 0 spiro atoms. The normalized spacial score (nSPS) is 12.4. The second-order valence-corrected chi connectivity index (χ2v) is 9.27. The fourth-order valence-electron chi connectivity index (χ4n) is 4.48. The third-order valence-corrected chi connectivity index (χ3v) is 6.51. The molecule has 198 valence electrons. The molecule has 1 N–H and O–H groups in total. The highest BCUT2D eigenvalue weighted by atomic mass is 16.5. The Balaban J connectivity index is 1.65. The molecule has 1 amide bonds. The number of rotatable bonds is 14. The van der Waals surface area contributed by atoms with Gasteiger partial charge in [0.15, 0.2) is 0 Å². The summed E-state index contributed by atoms with van der Waals surface area (Å²) in [6.45, 7) is 8.95. The van der Waals surface area contributed by atoms with Gasteiger partial charge < -0.3 is 19.4 Å². The van der Waals surface area contributed by atoms with Crippen LogP contribution >= 0.6 is 0 Å². The molecular formula is C31H40N2O4. The summed E-state index contributed by atoms with van der Waals surface area (Å²) in [7, 11) is 0. The van der Waals surface area contributed by atoms with E-state index in [0.29, 0.717) is 43.5 Å². The van der Waals surface area contributed by atoms with Crippen LogP contribution in [-0.4, -0.2) is 29.7 Å². The number of hydrogen-bond acceptors (Lipinski definition) is 4. The Morgan fingerprint density at radius 1 is 1.05 bits per heavy atom. The van der Waals surface area contributed by atoms with E-state index in [9.17, 15) is 9.59 Å². The van der Waals surface area contributed by atoms with E-state index < -0.39 is 0 Å². The molecule has 0 fully saturated rings. The minimum atomic E-state index is -0.232. The minimum absolute atomic E-state index is 0.219. The Bertz CT molecular complexity index is 1210. The van der Waals surface area contributed by atoms with Gasteiger partial charge in [-0.25, -0.2) is 0 Å². The molecule has 3 rings (SSSR count). The lowest BCUT2D eigenvalue weighted by molar-refractivity contribution is -0.143. The van der Waals surface area contributed by atoms with Crippen LogP contribution in [0, 0.1) is 0 Å². The lowest BCUT2D eigenvalue weighted by Crippen LogP contribution is -2.11. The Kier molecular flexibility index (Phi) is 10.8. The molecule has 1 unspecified atom stereocenters. The van der Waals surface area contributed by atoms with Gasteiger partial charge in [-0.05, 0) is 74.6 Å². The molecule has 37 heavy (non-hydrogen) atoms. The minimum Gasteiger partial charge on any atom is -0.491 e. The van der Waals surface area contributed by atoms with Crippen molar-refractivity contribution in [3.05, 3.63) is 66.4 Å². The summed E-state index contributed by atoms with van der Waals surface area (Å²) in [4.78, 5) is 24.3. The van der Waals surface area contributed by atoms with Crippen LogP contribution in [0.15, 0.2) is 60.8 Å². The van der Waals surface area contributed by atoms with Gasteiger partial charge >= 0.3 is 5.97 Å². The average molecular weight is 505 g/mol. The van der Waals surface area contributed by atoms with Gasteiger partial charge in [0, 0.05) is 35.6 Å². The van der Waals surface area contributed by atoms with Crippen molar-refractivity contribution in [2.45, 2.75) is 72.3 Å². The molecule has 1 atom stereocenters. The van der Waals surface area contributed by atoms with Crippen LogP contribution in [0.2, 0.25) is 0 Å². The van der Waals surface area contributed by atoms with E-state index in [0.717, 1.165) is 17.6 Å². The van der Waals surface area contributed by atoms with Gasteiger partial charge in [0.25, 0.3) is 0 Å². The second-order valence-electron chi connectivity index (χ2n) is 9.27. The van der Waals surface area contributed by atoms with Crippen molar-refractivity contribution in [2.24, 2.45) is 0 Å². The Morgan fingerprint density at radius 3 is 2.62 bits per heavy atom. The first-order chi connectivity index (χ1) is 18.0. The van der Waals surface area contributed by atoms with Crippen LogP contribution in [0.4, 0.5) is 5.69 Å². The lowest BCUT2D eigenvalue weighted by atomic mass is 10.0. The molecule has 2 aromatic carbocycles. The molecule has 0 aliphatic carbocycles. The smallest absolute Gasteiger partial charge is 0.305 e. The molecule has 6 heteroatoms. The zero-order valence-electron chi connectivity index (χ0n) is 22.6. The van der Waals surface area contributed by atoms with Crippen LogP contribution in [0.1, 0.15) is 77.8 Å². The molecule has 0 saturated heterocycles. The fourth-order valence-corrected chi connectivity index (χ4v) is 4.48. The first kappa shape index (κ1) is 28.0. The number of carbonyl (C=O) groups is 2. The van der Waals surface area contributed by atoms with Gasteiger partial charge in [-0.15, -0.1) is 0 Å². The van der Waals surface area contributed by atoms with Crippen LogP contribution < -0.4 is 10.1 Å². The van der Waals surface area contributed by atoms with Crippen LogP contribution in [0.5, 0.6) is 5.75 Å². The predicted molar refractivity (Wildman–Crippen MR) is 151 cm³/mol. The highest BCUT2D eigenvalue weighted by Crippen LogP contribution is 2.29. The zero-order chi connectivity index (χ0) is 26.6. The maximum absolute atomic E-state index is 12.8. The number of para-hydroxylation sites is 2. The summed E-state index contributed by atoms with van der Waals surface area (Å²) in [6, 6.07) is 16.4. The van der Waals surface area contributed by atoms with Gasteiger partial charge in [-0.2, -0.15) is 0 Å². The largest absolute Gasteiger partial charge is 0.491 e. The number of aromatic nitrogens is 1. The molecule has 1 aromatic heterocycles. The van der Waals surface area contributed by atoms with E-state index >= 15 is 0 Å². The highest BCUT2D eigenvalue weighted by molar-refractivity contribution is 6.04. The van der Waals surface area contributed by atoms with E-state index in [4.69, 9.17) is 9.47 Å². The number of fused-ring (bicyclic) bond motifs is 1. The van der Waals surface area contributed by atoms with E-state index in [2.05, 4.69) is 54.2 Å². The van der Waals surface area contributed by atoms with Crippen molar-refractivity contribution < 1.29 is 19.1 Å². The number of amides is 1. The Morgan fingerprint density at radius 2 is 1.86 bits per heavy atom. The third-order valence-electron chi connectivity index (χ3n) is 6.51. The molecule has 0 aliphatic rings. The topological polar surface area (TPSA) is 69.6 Å². The number of unbranched alkanes of at least 4 members (excludes halogenated alkanes) is 1. The number of esters is 1. The zero-order valence-corrected chi connectivity index (χ0v) is 22.6. The van der Waals surface area contributed by atoms with Crippen molar-refractivity contribution in [1.29, 1.82) is 0 Å². The first-order valence-electron chi connectivity index (χ1n) is 13.4. The average Bonchev–Trinajstić information content (AvgIpc) is 3.31. The van der Waals surface area contributed by atoms with Crippen LogP contribution in [-0.2, 0) is 14.3 Å². The first-order valence-corrected chi connectivity index (χ1v) is 13.4. The van der Waals surface area contributed by atoms with E-state index in [1.807, 2.05) is 19.1 Å². The SMILES string of the molecule is CCCCC(CC)n1ccc2cc(/C(C)=C/C(=O)Nc3ccccc3OCCCC(=O)OCC)ccc21. The quantitative estimate of drug-likeness (QED) is 0.140. The molecule has 3 aromatic rings. The number of carbonyl (C=O) groups excluding carboxylic acids is 2. The predicted octanol–water partition coefficient (Wildman–Crippen LogP) is 7.55. The monoisotopic (exact) mass is 504 g/mol. The van der Waals surface area contributed by atoms with Crippen molar-refractivity contribution in [1.82, 2.24) is 4.57 Å². The molecule has 0 aliphatic heterocycles. The third kappa shape index (κ3) is 7.97. The molecule has 6 nitrogen and oxygen atoms in total. The number of hydrogen-bond donors (Lipinski definition) is 1. The number of nitrogens with one attached hydrogen (secondary N) is 1. The lowest BCUT2D eigenvalue weighted by Gasteiger charge is -2.18. The van der Waals surface area contributed by atoms with Gasteiger partial charge in [0.1, 0.15) is 5.75 Å². The van der Waals surface area contributed by atoms with E-state index in [1.54, 1.807) is 25.1 Å². The fraction of sp³-hybridized carbons (Fsp3) is 0.419. The van der Waals surface area contributed by atoms with Gasteiger partial charge in [-0.3, -0.25) is 9.59 Å². The number of nitrogens with zero attached hydrogens (tertiary/aromatic N) is 1. The standard InChI is InChI=1S/C31H40N2O4/c1-5-8-12-26(6-2)33-19-18-25-22-24(16-17-28(25)33)23(4)21-30(34)32-27-13-9-10-14-29(27)37-20-11-15-31(35)36-7-3/h9-10,13-14,16-19,21-22,26H,5-8,11-12,15,20H2,1-4H3,(H,32,34)/b23-21+. The van der Waals surface area contributed by atoms with Crippen molar-refractivity contribution >= 4 is 34.0 Å². The molecule has 0 saturated carbocycles. The Hall–Kier alpha value is -3.54. The van der Waals surface area contributed by atoms with Crippen LogP contribution in [0.3, 0.4) is 0 Å². The second kappa shape index (κ2) is 14.3. The van der Waals surface area contributed by atoms with Crippen LogP contribution in [0.25, 0.3) is 16.5 Å². The molecule has 0 bridgehead atoms. The Labute approximate surface area is 220 Å². The van der Waals surface area contributed by atoms with Crippen molar-refractivity contribution in [3.63, 3.8) is 0 Å². The molecule has 1 heterocycles. The summed E-state index contributed by atoms with van der Waals surface area (Å²) in [6.07, 6.45) is 9.39. The number of allylic oxidation sites excluding steroid dienone is 1. The molecule has 0 radical (unpaired) electrons. The number of benzene rings is 2. The maximum Gasteiger partial charge on any atom is 0.305 e. The summed E-state index contributed by atoms with van der Waals surface area (Å²) < 4.78 is 13.1. The summed E-state index contributed by atoms with van der Waals surface area (Å²) >= 11 is 0. The van der Waals surface area contributed by atoms with Gasteiger partial charge in [-0.1, -0.05) is 44.9 Å². The maximum atomic E-state index is 12.8. The van der Waals surface area contributed by atoms with E-state index in [1.165, 1.54) is 30.2 Å². The molecular weight excluding hydrogens is 464 g/mol. The summed E-state index contributed by atoms with van der Waals surface area (Å²) in [5.41, 5.74) is 3.74. The van der Waals surface area contributed by atoms with Gasteiger partial charge in [0.05, 0.1) is 18.9 Å². The highest BCUT2D eigenvalue weighted by Gasteiger charge is 2.12. The van der Waals surface area contributed by atoms with E-state index in [-0.39, 0.29) is 11.9 Å². The van der Waals surface area contributed by atoms with Crippen molar-refractivity contribution in [3.8, 4) is 5.75 Å². The number of anilines is 1. The number of ether oxygens (including phenoxy) is 2. The van der Waals surface area contributed by atoms with Gasteiger partial charge in [0.2, 0.25) is 5.91 Å². The summed E-state index contributed by atoms with van der Waals surface area (Å²) in [5.74, 6) is 0.121. The van der Waals surface area contributed by atoms with Crippen molar-refractivity contribution in [2.75, 3.05) is 18.5 Å². The summed E-state index contributed by atoms with van der Waals surface area (Å²) in [5, 5.41) is 4.11.